The van der Waals surface area contributed by atoms with Crippen LogP contribution in [-0.2, 0) is 6.54 Å². The van der Waals surface area contributed by atoms with E-state index in [0.29, 0.717) is 40.9 Å². The van der Waals surface area contributed by atoms with Crippen molar-refractivity contribution in [3.05, 3.63) is 46.5 Å². The minimum absolute atomic E-state index is 0.0423. The second-order valence-corrected chi connectivity index (χ2v) is 6.68. The summed E-state index contributed by atoms with van der Waals surface area (Å²) in [5.74, 6) is 0.399. The highest BCUT2D eigenvalue weighted by atomic mass is 35.5. The van der Waals surface area contributed by atoms with Gasteiger partial charge in [0.15, 0.2) is 16.7 Å². The predicted octanol–water partition coefficient (Wildman–Crippen LogP) is 2.21. The van der Waals surface area contributed by atoms with Crippen molar-refractivity contribution >= 4 is 34.6 Å². The van der Waals surface area contributed by atoms with Crippen molar-refractivity contribution in [1.29, 1.82) is 0 Å². The van der Waals surface area contributed by atoms with Crippen molar-refractivity contribution < 1.29 is 9.18 Å². The molecule has 9 nitrogen and oxygen atoms in total. The van der Waals surface area contributed by atoms with Crippen molar-refractivity contribution in [2.75, 3.05) is 24.3 Å². The Bertz CT molecular complexity index is 1100. The van der Waals surface area contributed by atoms with Gasteiger partial charge in [0.1, 0.15) is 11.6 Å². The van der Waals surface area contributed by atoms with Gasteiger partial charge in [-0.15, -0.1) is 10.2 Å². The fraction of sp³-hybridized carbons (Fsp3) is 0.235. The van der Waals surface area contributed by atoms with E-state index in [2.05, 4.69) is 30.9 Å². The summed E-state index contributed by atoms with van der Waals surface area (Å²) in [5, 5.41) is 17.6. The molecular formula is C17H16ClFN8O. The molecule has 144 valence electrons. The zero-order chi connectivity index (χ0) is 20.0. The average Bonchev–Trinajstić information content (AvgIpc) is 3.01. The number of rotatable bonds is 3. The number of anilines is 3. The Morgan fingerprint density at radius 3 is 2.79 bits per heavy atom. The summed E-state index contributed by atoms with van der Waals surface area (Å²) in [5.41, 5.74) is 2.03. The lowest BCUT2D eigenvalue weighted by atomic mass is 10.1. The van der Waals surface area contributed by atoms with E-state index < -0.39 is 11.7 Å². The molecule has 0 radical (unpaired) electrons. The molecule has 28 heavy (non-hydrogen) atoms. The summed E-state index contributed by atoms with van der Waals surface area (Å²) in [7, 11) is 3.35. The maximum Gasteiger partial charge on any atom is 0.273 e. The van der Waals surface area contributed by atoms with Crippen LogP contribution in [0.4, 0.5) is 21.5 Å². The Morgan fingerprint density at radius 2 is 2.04 bits per heavy atom. The largest absolute Gasteiger partial charge is 0.364 e. The lowest BCUT2D eigenvalue weighted by Crippen LogP contribution is -2.27. The summed E-state index contributed by atoms with van der Waals surface area (Å²) < 4.78 is 16.1. The molecule has 1 aromatic carbocycles. The minimum atomic E-state index is -0.467. The van der Waals surface area contributed by atoms with Gasteiger partial charge in [0.2, 0.25) is 0 Å². The Hall–Kier alpha value is -3.27. The molecule has 2 aromatic heterocycles. The van der Waals surface area contributed by atoms with Crippen LogP contribution < -0.4 is 15.5 Å². The normalized spacial score (nSPS) is 12.4. The van der Waals surface area contributed by atoms with Crippen LogP contribution in [0.3, 0.4) is 0 Å². The van der Waals surface area contributed by atoms with Gasteiger partial charge >= 0.3 is 0 Å². The van der Waals surface area contributed by atoms with Gasteiger partial charge in [0, 0.05) is 26.2 Å². The fourth-order valence-electron chi connectivity index (χ4n) is 3.18. The smallest absolute Gasteiger partial charge is 0.273 e. The summed E-state index contributed by atoms with van der Waals surface area (Å²) >= 11 is 5.95. The molecule has 0 saturated carbocycles. The third kappa shape index (κ3) is 3.01. The Morgan fingerprint density at radius 1 is 1.25 bits per heavy atom. The highest BCUT2D eigenvalue weighted by Gasteiger charge is 2.27. The monoisotopic (exact) mass is 402 g/mol. The van der Waals surface area contributed by atoms with Gasteiger partial charge in [0.05, 0.1) is 29.3 Å². The van der Waals surface area contributed by atoms with Gasteiger partial charge in [-0.2, -0.15) is 5.10 Å². The number of carbonyl (C=O) groups is 1. The van der Waals surface area contributed by atoms with E-state index in [1.165, 1.54) is 25.2 Å². The zero-order valence-electron chi connectivity index (χ0n) is 15.3. The first-order valence-electron chi connectivity index (χ1n) is 8.37. The number of fused-ring (bicyclic) bond motifs is 3. The fourth-order valence-corrected chi connectivity index (χ4v) is 3.33. The van der Waals surface area contributed by atoms with Gasteiger partial charge < -0.3 is 15.5 Å². The second-order valence-electron chi connectivity index (χ2n) is 6.30. The number of aromatic nitrogens is 5. The SMILES string of the molecule is CNC(=O)c1nnc(Cl)cc1Nc1cc(F)cc2c1N(C)Cc1nc(C)nn1-2. The quantitative estimate of drug-likeness (QED) is 0.692. The van der Waals surface area contributed by atoms with E-state index in [0.717, 1.165) is 0 Å². The lowest BCUT2D eigenvalue weighted by Gasteiger charge is -2.30. The van der Waals surface area contributed by atoms with Crippen LogP contribution in [0, 0.1) is 12.7 Å². The highest BCUT2D eigenvalue weighted by molar-refractivity contribution is 6.29. The molecule has 1 amide bonds. The summed E-state index contributed by atoms with van der Waals surface area (Å²) in [6.07, 6.45) is 0. The van der Waals surface area contributed by atoms with Crippen LogP contribution in [0.5, 0.6) is 0 Å². The Labute approximate surface area is 164 Å². The molecule has 11 heteroatoms. The number of carbonyl (C=O) groups excluding carboxylic acids is 1. The molecule has 0 saturated heterocycles. The second kappa shape index (κ2) is 6.71. The minimum Gasteiger partial charge on any atom is -0.364 e. The van der Waals surface area contributed by atoms with Crippen LogP contribution in [0.1, 0.15) is 22.1 Å². The molecule has 0 spiro atoms. The molecule has 3 aromatic rings. The van der Waals surface area contributed by atoms with Crippen LogP contribution in [0.15, 0.2) is 18.2 Å². The molecule has 3 heterocycles. The highest BCUT2D eigenvalue weighted by Crippen LogP contribution is 2.39. The van der Waals surface area contributed by atoms with E-state index in [-0.39, 0.29) is 10.8 Å². The Balaban J connectivity index is 1.87. The molecule has 0 bridgehead atoms. The number of halogens is 2. The number of benzene rings is 1. The number of hydrogen-bond donors (Lipinski definition) is 2. The predicted molar refractivity (Wildman–Crippen MR) is 102 cm³/mol. The molecule has 2 N–H and O–H groups in total. The summed E-state index contributed by atoms with van der Waals surface area (Å²) in [6.45, 7) is 2.27. The van der Waals surface area contributed by atoms with E-state index >= 15 is 0 Å². The average molecular weight is 403 g/mol. The molecular weight excluding hydrogens is 387 g/mol. The molecule has 1 aliphatic heterocycles. The molecule has 0 atom stereocenters. The van der Waals surface area contributed by atoms with Gasteiger partial charge in [-0.25, -0.2) is 14.1 Å². The third-order valence-electron chi connectivity index (χ3n) is 4.30. The van der Waals surface area contributed by atoms with E-state index in [9.17, 15) is 9.18 Å². The summed E-state index contributed by atoms with van der Waals surface area (Å²) in [6, 6.07) is 4.20. The van der Waals surface area contributed by atoms with E-state index in [1.807, 2.05) is 11.9 Å². The van der Waals surface area contributed by atoms with Gasteiger partial charge in [-0.1, -0.05) is 11.6 Å². The maximum absolute atomic E-state index is 14.4. The van der Waals surface area contributed by atoms with E-state index in [4.69, 9.17) is 11.6 Å². The molecule has 0 unspecified atom stereocenters. The Kier molecular flexibility index (Phi) is 4.34. The maximum atomic E-state index is 14.4. The molecule has 4 rings (SSSR count). The van der Waals surface area contributed by atoms with Crippen LogP contribution in [0.2, 0.25) is 5.15 Å². The first-order valence-corrected chi connectivity index (χ1v) is 8.75. The van der Waals surface area contributed by atoms with E-state index in [1.54, 1.807) is 11.6 Å². The van der Waals surface area contributed by atoms with Crippen LogP contribution in [0.25, 0.3) is 5.69 Å². The number of hydrogen-bond acceptors (Lipinski definition) is 7. The first kappa shape index (κ1) is 18.1. The lowest BCUT2D eigenvalue weighted by molar-refractivity contribution is 0.0958. The van der Waals surface area contributed by atoms with Crippen molar-refractivity contribution in [2.24, 2.45) is 0 Å². The van der Waals surface area contributed by atoms with Crippen molar-refractivity contribution in [1.82, 2.24) is 30.3 Å². The standard InChI is InChI=1S/C17H16ClFN8O/c1-8-21-14-7-26(3)16-11(4-9(19)5-12(16)27(14)25-8)22-10-6-13(18)23-24-15(10)17(28)20-2/h4-6H,7H2,1-3H3,(H,20,28)(H,22,23). The van der Waals surface area contributed by atoms with Crippen LogP contribution >= 0.6 is 11.6 Å². The molecule has 1 aliphatic rings. The topological polar surface area (TPSA) is 101 Å². The summed E-state index contributed by atoms with van der Waals surface area (Å²) in [4.78, 5) is 18.4. The van der Waals surface area contributed by atoms with Gasteiger partial charge in [-0.3, -0.25) is 4.79 Å². The van der Waals surface area contributed by atoms with Crippen LogP contribution in [-0.4, -0.2) is 45.0 Å². The number of nitrogens with one attached hydrogen (secondary N) is 2. The first-order chi connectivity index (χ1) is 13.4. The van der Waals surface area contributed by atoms with Crippen molar-refractivity contribution in [2.45, 2.75) is 13.5 Å². The third-order valence-corrected chi connectivity index (χ3v) is 4.48. The van der Waals surface area contributed by atoms with Crippen molar-refractivity contribution in [3.8, 4) is 5.69 Å². The molecule has 0 aliphatic carbocycles. The number of aryl methyl sites for hydroxylation is 1. The molecule has 0 fully saturated rings. The zero-order valence-corrected chi connectivity index (χ0v) is 16.0. The van der Waals surface area contributed by atoms with Gasteiger partial charge in [-0.05, 0) is 13.0 Å². The van der Waals surface area contributed by atoms with Gasteiger partial charge in [0.25, 0.3) is 5.91 Å². The van der Waals surface area contributed by atoms with Crippen molar-refractivity contribution in [3.63, 3.8) is 0 Å². The number of nitrogens with zero attached hydrogens (tertiary/aromatic N) is 6. The number of amides is 1.